The maximum Gasteiger partial charge on any atom is 0.323 e. The van der Waals surface area contributed by atoms with E-state index in [-0.39, 0.29) is 17.4 Å². The summed E-state index contributed by atoms with van der Waals surface area (Å²) in [5.41, 5.74) is 5.66. The first-order chi connectivity index (χ1) is 14.7. The van der Waals surface area contributed by atoms with E-state index in [0.29, 0.717) is 18.9 Å². The summed E-state index contributed by atoms with van der Waals surface area (Å²) in [7, 11) is 0. The van der Waals surface area contributed by atoms with Crippen molar-refractivity contribution in [1.82, 2.24) is 5.32 Å². The first kappa shape index (κ1) is 27.5. The third-order valence-corrected chi connectivity index (χ3v) is 6.14. The van der Waals surface area contributed by atoms with Crippen LogP contribution in [0.1, 0.15) is 73.6 Å². The molecule has 0 aromatic rings. The molecule has 1 aliphatic rings. The van der Waals surface area contributed by atoms with Gasteiger partial charge in [0.05, 0.1) is 6.61 Å². The number of unbranched alkanes of at least 4 members (excludes halogenated alkanes) is 1. The van der Waals surface area contributed by atoms with Gasteiger partial charge in [0.15, 0.2) is 0 Å². The molecule has 1 rings (SSSR count). The minimum Gasteiger partial charge on any atom is -0.465 e. The molecule has 0 saturated carbocycles. The van der Waals surface area contributed by atoms with Crippen molar-refractivity contribution in [1.29, 1.82) is 0 Å². The topological polar surface area (TPSA) is 38.3 Å². The van der Waals surface area contributed by atoms with E-state index in [1.165, 1.54) is 36.0 Å². The van der Waals surface area contributed by atoms with Crippen LogP contribution >= 0.6 is 12.6 Å². The minimum absolute atomic E-state index is 0.220. The van der Waals surface area contributed by atoms with Gasteiger partial charge >= 0.3 is 5.97 Å². The Morgan fingerprint density at radius 2 is 2.00 bits per heavy atom. The van der Waals surface area contributed by atoms with Crippen LogP contribution in [0, 0.1) is 5.41 Å². The van der Waals surface area contributed by atoms with Crippen LogP contribution in [0.3, 0.4) is 0 Å². The Bertz CT molecular complexity index is 726. The summed E-state index contributed by atoms with van der Waals surface area (Å²) in [6.07, 6.45) is 18.6. The normalized spacial score (nSPS) is 18.8. The number of hydrogen-bond donors (Lipinski definition) is 2. The Balaban J connectivity index is 2.55. The predicted octanol–water partition coefficient (Wildman–Crippen LogP) is 6.75. The number of allylic oxidation sites excluding steroid dienone is 9. The van der Waals surface area contributed by atoms with E-state index in [1.54, 1.807) is 0 Å². The summed E-state index contributed by atoms with van der Waals surface area (Å²) in [5.74, 6) is 0.205. The molecule has 1 aliphatic carbocycles. The molecule has 0 aromatic carbocycles. The van der Waals surface area contributed by atoms with Gasteiger partial charge in [0.2, 0.25) is 0 Å². The highest BCUT2D eigenvalue weighted by molar-refractivity contribution is 7.80. The van der Waals surface area contributed by atoms with Gasteiger partial charge in [0.25, 0.3) is 0 Å². The van der Waals surface area contributed by atoms with Gasteiger partial charge in [-0.2, -0.15) is 12.6 Å². The third-order valence-electron chi connectivity index (χ3n) is 5.77. The lowest BCUT2D eigenvalue weighted by molar-refractivity contribution is -0.145. The highest BCUT2D eigenvalue weighted by atomic mass is 32.1. The first-order valence-corrected chi connectivity index (χ1v) is 12.3. The summed E-state index contributed by atoms with van der Waals surface area (Å²) < 4.78 is 5.27. The number of esters is 1. The van der Waals surface area contributed by atoms with Gasteiger partial charge in [-0.05, 0) is 57.4 Å². The molecule has 31 heavy (non-hydrogen) atoms. The van der Waals surface area contributed by atoms with E-state index < -0.39 is 0 Å². The maximum absolute atomic E-state index is 12.0. The molecule has 0 amide bonds. The summed E-state index contributed by atoms with van der Waals surface area (Å²) in [6, 6.07) is -0.373. The van der Waals surface area contributed by atoms with E-state index in [1.807, 2.05) is 0 Å². The van der Waals surface area contributed by atoms with E-state index in [0.717, 1.165) is 18.4 Å². The SMILES string of the molecule is CCCCOC(=O)[C@H](CS)NC/C=C(C)/C=C/C=C(C)/C=C/C1=C(C)CCCC1(C)C. The summed E-state index contributed by atoms with van der Waals surface area (Å²) in [5, 5.41) is 3.20. The molecule has 1 atom stereocenters. The number of carbonyl (C=O) groups excluding carboxylic acids is 1. The molecule has 0 unspecified atom stereocenters. The van der Waals surface area contributed by atoms with E-state index >= 15 is 0 Å². The fourth-order valence-electron chi connectivity index (χ4n) is 3.70. The molecule has 0 aliphatic heterocycles. The van der Waals surface area contributed by atoms with Crippen molar-refractivity contribution >= 4 is 18.6 Å². The Labute approximate surface area is 196 Å². The van der Waals surface area contributed by atoms with E-state index in [9.17, 15) is 4.79 Å². The largest absolute Gasteiger partial charge is 0.465 e. The molecule has 0 fully saturated rings. The monoisotopic (exact) mass is 445 g/mol. The molecule has 174 valence electrons. The van der Waals surface area contributed by atoms with Crippen LogP contribution in [0.15, 0.2) is 58.7 Å². The van der Waals surface area contributed by atoms with Gasteiger partial charge in [-0.15, -0.1) is 0 Å². The number of rotatable bonds is 12. The van der Waals surface area contributed by atoms with Gasteiger partial charge in [0, 0.05) is 12.3 Å². The molecule has 4 heteroatoms. The molecule has 3 nitrogen and oxygen atoms in total. The molecular weight excluding hydrogens is 402 g/mol. The smallest absolute Gasteiger partial charge is 0.323 e. The number of ether oxygens (including phenoxy) is 1. The molecule has 1 N–H and O–H groups in total. The lowest BCUT2D eigenvalue weighted by Crippen LogP contribution is -2.39. The van der Waals surface area contributed by atoms with Crippen molar-refractivity contribution in [3.63, 3.8) is 0 Å². The van der Waals surface area contributed by atoms with Crippen LogP contribution < -0.4 is 5.32 Å². The average Bonchev–Trinajstić information content (AvgIpc) is 2.70. The van der Waals surface area contributed by atoms with Crippen LogP contribution in [0.25, 0.3) is 0 Å². The summed E-state index contributed by atoms with van der Waals surface area (Å²) >= 11 is 4.26. The lowest BCUT2D eigenvalue weighted by Gasteiger charge is -2.32. The average molecular weight is 446 g/mol. The second-order valence-corrected chi connectivity index (χ2v) is 9.51. The Morgan fingerprint density at radius 3 is 2.65 bits per heavy atom. The van der Waals surface area contributed by atoms with Crippen molar-refractivity contribution in [3.8, 4) is 0 Å². The molecule has 0 saturated heterocycles. The molecular formula is C27H43NO2S. The number of nitrogens with one attached hydrogen (secondary N) is 1. The van der Waals surface area contributed by atoms with Gasteiger partial charge in [0.1, 0.15) is 6.04 Å². The zero-order chi connectivity index (χ0) is 23.3. The van der Waals surface area contributed by atoms with Crippen LogP contribution in [-0.4, -0.2) is 30.9 Å². The second-order valence-electron chi connectivity index (χ2n) is 9.15. The first-order valence-electron chi connectivity index (χ1n) is 11.6. The minimum atomic E-state index is -0.373. The maximum atomic E-state index is 12.0. The zero-order valence-electron chi connectivity index (χ0n) is 20.5. The molecule has 0 radical (unpaired) electrons. The quantitative estimate of drug-likeness (QED) is 0.151. The summed E-state index contributed by atoms with van der Waals surface area (Å²) in [4.78, 5) is 12.0. The number of thiol groups is 1. The highest BCUT2D eigenvalue weighted by Gasteiger charge is 2.26. The number of carbonyl (C=O) groups is 1. The Kier molecular flexibility index (Phi) is 12.9. The van der Waals surface area contributed by atoms with Gasteiger partial charge in [-0.25, -0.2) is 0 Å². The summed E-state index contributed by atoms with van der Waals surface area (Å²) in [6.45, 7) is 14.3. The molecule has 0 heterocycles. The number of hydrogen-bond acceptors (Lipinski definition) is 4. The van der Waals surface area contributed by atoms with Crippen LogP contribution in [0.4, 0.5) is 0 Å². The van der Waals surface area contributed by atoms with E-state index in [2.05, 4.69) is 95.9 Å². The van der Waals surface area contributed by atoms with Crippen LogP contribution in [0.2, 0.25) is 0 Å². The van der Waals surface area contributed by atoms with Crippen molar-refractivity contribution in [3.05, 3.63) is 58.7 Å². The zero-order valence-corrected chi connectivity index (χ0v) is 21.4. The van der Waals surface area contributed by atoms with Crippen molar-refractivity contribution in [2.45, 2.75) is 79.7 Å². The predicted molar refractivity (Wildman–Crippen MR) is 138 cm³/mol. The third kappa shape index (κ3) is 10.6. The van der Waals surface area contributed by atoms with Gasteiger partial charge in [-0.3, -0.25) is 4.79 Å². The standard InChI is InChI=1S/C27H43NO2S/c1-7-8-19-30-26(29)25(20-31)28-18-16-22(3)12-9-11-21(2)14-15-24-23(4)13-10-17-27(24,5)6/h9,11-12,14-16,25,28,31H,7-8,10,13,17-20H2,1-6H3/b12-9+,15-14+,21-11+,22-16+/t25-/m0/s1. The van der Waals surface area contributed by atoms with Crippen molar-refractivity contribution < 1.29 is 9.53 Å². The highest BCUT2D eigenvalue weighted by Crippen LogP contribution is 2.40. The molecule has 0 bridgehead atoms. The fourth-order valence-corrected chi connectivity index (χ4v) is 3.98. The Morgan fingerprint density at radius 1 is 1.26 bits per heavy atom. The van der Waals surface area contributed by atoms with Crippen molar-refractivity contribution in [2.75, 3.05) is 18.9 Å². The van der Waals surface area contributed by atoms with Gasteiger partial charge in [-0.1, -0.05) is 80.4 Å². The van der Waals surface area contributed by atoms with Crippen LogP contribution in [-0.2, 0) is 9.53 Å². The lowest BCUT2D eigenvalue weighted by atomic mass is 9.72. The molecule has 0 spiro atoms. The fraction of sp³-hybridized carbons (Fsp3) is 0.593. The molecule has 0 aromatic heterocycles. The Hall–Kier alpha value is -1.52. The van der Waals surface area contributed by atoms with Gasteiger partial charge < -0.3 is 10.1 Å². The second kappa shape index (κ2) is 14.5. The van der Waals surface area contributed by atoms with E-state index in [4.69, 9.17) is 4.74 Å². The van der Waals surface area contributed by atoms with Crippen LogP contribution in [0.5, 0.6) is 0 Å². The van der Waals surface area contributed by atoms with Crippen molar-refractivity contribution in [2.24, 2.45) is 5.41 Å².